The number of thiazole rings is 1. The Balaban J connectivity index is 1.24. The molecule has 6 heteroatoms. The van der Waals surface area contributed by atoms with Gasteiger partial charge in [-0.2, -0.15) is 0 Å². The van der Waals surface area contributed by atoms with Crippen LogP contribution in [0, 0.1) is 0 Å². The van der Waals surface area contributed by atoms with Crippen LogP contribution in [0.3, 0.4) is 0 Å². The number of fused-ring (bicyclic) bond motifs is 1. The van der Waals surface area contributed by atoms with Crippen LogP contribution in [0.2, 0.25) is 0 Å². The Bertz CT molecular complexity index is 998. The number of para-hydroxylation sites is 1. The van der Waals surface area contributed by atoms with Crippen LogP contribution in [0.4, 0.5) is 0 Å². The lowest BCUT2D eigenvalue weighted by Gasteiger charge is -2.25. The van der Waals surface area contributed by atoms with Gasteiger partial charge in [-0.3, -0.25) is 4.90 Å². The van der Waals surface area contributed by atoms with Crippen molar-refractivity contribution >= 4 is 21.6 Å². The Morgan fingerprint density at radius 2 is 1.96 bits per heavy atom. The summed E-state index contributed by atoms with van der Waals surface area (Å²) < 4.78 is 12.9. The number of furan rings is 2. The highest BCUT2D eigenvalue weighted by atomic mass is 32.1. The van der Waals surface area contributed by atoms with Gasteiger partial charge in [0.05, 0.1) is 29.1 Å². The molecule has 1 aliphatic heterocycles. The molecule has 0 radical (unpaired) electrons. The minimum Gasteiger partial charge on any atom is -0.468 e. The lowest BCUT2D eigenvalue weighted by Crippen LogP contribution is -2.33. The molecule has 4 heterocycles. The molecule has 1 aromatic carbocycles. The molecule has 5 rings (SSSR count). The molecule has 0 unspecified atom stereocenters. The van der Waals surface area contributed by atoms with Crippen LogP contribution in [0.25, 0.3) is 21.0 Å². The molecule has 1 aliphatic rings. The molecule has 0 spiro atoms. The van der Waals surface area contributed by atoms with E-state index >= 15 is 0 Å². The fourth-order valence-electron chi connectivity index (χ4n) is 3.84. The van der Waals surface area contributed by atoms with Crippen molar-refractivity contribution in [2.75, 3.05) is 19.6 Å². The van der Waals surface area contributed by atoms with Crippen molar-refractivity contribution in [1.29, 1.82) is 0 Å². The van der Waals surface area contributed by atoms with Gasteiger partial charge in [0.15, 0.2) is 10.8 Å². The summed E-state index contributed by atoms with van der Waals surface area (Å²) in [6.45, 7) is 3.80. The number of nitrogens with one attached hydrogen (secondary N) is 1. The summed E-state index contributed by atoms with van der Waals surface area (Å²) in [6, 6.07) is 16.5. The lowest BCUT2D eigenvalue weighted by molar-refractivity contribution is 0.208. The van der Waals surface area contributed by atoms with Crippen molar-refractivity contribution in [2.45, 2.75) is 25.4 Å². The van der Waals surface area contributed by atoms with E-state index in [1.807, 2.05) is 36.4 Å². The third-order valence-corrected chi connectivity index (χ3v) is 6.31. The Morgan fingerprint density at radius 1 is 1.07 bits per heavy atom. The number of aromatic nitrogens is 1. The fraction of sp³-hybridized carbons (Fsp3) is 0.318. The summed E-state index contributed by atoms with van der Waals surface area (Å²) in [5, 5.41) is 4.47. The first-order valence-corrected chi connectivity index (χ1v) is 10.6. The number of nitrogens with zero attached hydrogens (tertiary/aromatic N) is 2. The van der Waals surface area contributed by atoms with E-state index in [4.69, 9.17) is 8.83 Å². The summed E-state index contributed by atoms with van der Waals surface area (Å²) in [5.74, 6) is 2.79. The van der Waals surface area contributed by atoms with E-state index in [0.29, 0.717) is 6.54 Å². The molecule has 5 nitrogen and oxygen atoms in total. The van der Waals surface area contributed by atoms with Crippen LogP contribution in [0.15, 0.2) is 63.6 Å². The average Bonchev–Trinajstić information content (AvgIpc) is 3.52. The van der Waals surface area contributed by atoms with E-state index < -0.39 is 0 Å². The second-order valence-electron chi connectivity index (χ2n) is 7.16. The van der Waals surface area contributed by atoms with E-state index in [9.17, 15) is 0 Å². The van der Waals surface area contributed by atoms with Gasteiger partial charge in [-0.25, -0.2) is 4.98 Å². The highest BCUT2D eigenvalue weighted by molar-refractivity contribution is 7.21. The Kier molecular flexibility index (Phi) is 4.99. The number of rotatable bonds is 7. The lowest BCUT2D eigenvalue weighted by atomic mass is 10.2. The van der Waals surface area contributed by atoms with Crippen LogP contribution in [0.5, 0.6) is 0 Å². The summed E-state index contributed by atoms with van der Waals surface area (Å²) >= 11 is 1.66. The predicted octanol–water partition coefficient (Wildman–Crippen LogP) is 5.08. The monoisotopic (exact) mass is 393 g/mol. The van der Waals surface area contributed by atoms with Gasteiger partial charge < -0.3 is 14.2 Å². The molecular formula is C22H23N3O2S. The van der Waals surface area contributed by atoms with Crippen molar-refractivity contribution in [2.24, 2.45) is 0 Å². The Labute approximate surface area is 168 Å². The van der Waals surface area contributed by atoms with Gasteiger partial charge in [0.25, 0.3) is 0 Å². The zero-order valence-electron chi connectivity index (χ0n) is 15.6. The second-order valence-corrected chi connectivity index (χ2v) is 8.19. The van der Waals surface area contributed by atoms with Crippen LogP contribution in [-0.2, 0) is 6.54 Å². The maximum atomic E-state index is 6.05. The first-order valence-electron chi connectivity index (χ1n) is 9.80. The third-order valence-electron chi connectivity index (χ3n) is 5.26. The largest absolute Gasteiger partial charge is 0.468 e. The predicted molar refractivity (Wildman–Crippen MR) is 111 cm³/mol. The summed E-state index contributed by atoms with van der Waals surface area (Å²) in [4.78, 5) is 7.18. The zero-order valence-corrected chi connectivity index (χ0v) is 16.5. The van der Waals surface area contributed by atoms with Crippen molar-refractivity contribution in [3.05, 3.63) is 66.3 Å². The number of hydrogen-bond acceptors (Lipinski definition) is 6. The van der Waals surface area contributed by atoms with Gasteiger partial charge in [0.1, 0.15) is 11.5 Å². The third kappa shape index (κ3) is 3.63. The van der Waals surface area contributed by atoms with Crippen LogP contribution < -0.4 is 5.32 Å². The van der Waals surface area contributed by atoms with Gasteiger partial charge in [0, 0.05) is 6.54 Å². The molecule has 1 fully saturated rings. The molecule has 0 saturated carbocycles. The molecular weight excluding hydrogens is 370 g/mol. The van der Waals surface area contributed by atoms with Crippen molar-refractivity contribution in [1.82, 2.24) is 15.2 Å². The Hall–Kier alpha value is -2.41. The first-order chi connectivity index (χ1) is 13.9. The minimum absolute atomic E-state index is 0.274. The minimum atomic E-state index is 0.274. The molecule has 3 aromatic heterocycles. The topological polar surface area (TPSA) is 54.4 Å². The second kappa shape index (κ2) is 7.91. The van der Waals surface area contributed by atoms with Crippen molar-refractivity contribution in [3.8, 4) is 10.8 Å². The van der Waals surface area contributed by atoms with Gasteiger partial charge in [-0.1, -0.05) is 12.1 Å². The maximum absolute atomic E-state index is 6.05. The zero-order chi connectivity index (χ0) is 18.8. The maximum Gasteiger partial charge on any atom is 0.163 e. The number of hydrogen-bond donors (Lipinski definition) is 1. The molecule has 28 heavy (non-hydrogen) atoms. The molecule has 144 valence electrons. The quantitative estimate of drug-likeness (QED) is 0.475. The fourth-order valence-corrected chi connectivity index (χ4v) is 4.77. The molecule has 1 saturated heterocycles. The summed E-state index contributed by atoms with van der Waals surface area (Å²) in [5.41, 5.74) is 1.02. The summed E-state index contributed by atoms with van der Waals surface area (Å²) in [7, 11) is 0. The number of benzene rings is 1. The molecule has 1 atom stereocenters. The van der Waals surface area contributed by atoms with E-state index in [-0.39, 0.29) is 6.04 Å². The van der Waals surface area contributed by atoms with E-state index in [1.165, 1.54) is 17.5 Å². The van der Waals surface area contributed by atoms with Crippen molar-refractivity contribution < 1.29 is 8.83 Å². The normalized spacial score (nSPS) is 16.1. The molecule has 0 bridgehead atoms. The first kappa shape index (κ1) is 17.7. The van der Waals surface area contributed by atoms with Crippen LogP contribution >= 0.6 is 11.3 Å². The molecule has 4 aromatic rings. The number of likely N-dealkylation sites (tertiary alicyclic amines) is 1. The average molecular weight is 394 g/mol. The smallest absolute Gasteiger partial charge is 0.163 e. The van der Waals surface area contributed by atoms with Crippen molar-refractivity contribution in [3.63, 3.8) is 0 Å². The Morgan fingerprint density at radius 3 is 2.79 bits per heavy atom. The summed E-state index contributed by atoms with van der Waals surface area (Å²) in [6.07, 6.45) is 4.29. The van der Waals surface area contributed by atoms with Gasteiger partial charge >= 0.3 is 0 Å². The SMILES string of the molecule is c1coc([C@H](CNCc2ccc(-c3nc4ccccc4s3)o2)N2CCCC2)c1. The van der Waals surface area contributed by atoms with Gasteiger partial charge in [-0.15, -0.1) is 11.3 Å². The van der Waals surface area contributed by atoms with E-state index in [2.05, 4.69) is 27.3 Å². The van der Waals surface area contributed by atoms with Gasteiger partial charge in [0.2, 0.25) is 0 Å². The highest BCUT2D eigenvalue weighted by Crippen LogP contribution is 2.31. The van der Waals surface area contributed by atoms with Crippen LogP contribution in [0.1, 0.15) is 30.4 Å². The molecule has 1 N–H and O–H groups in total. The van der Waals surface area contributed by atoms with Gasteiger partial charge in [-0.05, 0) is 62.3 Å². The van der Waals surface area contributed by atoms with E-state index in [1.54, 1.807) is 17.6 Å². The highest BCUT2D eigenvalue weighted by Gasteiger charge is 2.25. The van der Waals surface area contributed by atoms with E-state index in [0.717, 1.165) is 47.4 Å². The van der Waals surface area contributed by atoms with Crippen LogP contribution in [-0.4, -0.2) is 29.5 Å². The molecule has 0 aliphatic carbocycles. The molecule has 0 amide bonds. The standard InChI is InChI=1S/C22H23N3O2S/c1-2-8-21-17(6-1)24-22(28-21)20-10-9-16(27-20)14-23-15-18(19-7-5-13-26-19)25-11-3-4-12-25/h1-2,5-10,13,18,23H,3-4,11-12,14-15H2/t18-/m0/s1.